The minimum Gasteiger partial charge on any atom is -0.497 e. The molecule has 3 aromatic carbocycles. The maximum Gasteiger partial charge on any atom is 0.409 e. The van der Waals surface area contributed by atoms with Crippen LogP contribution in [0.3, 0.4) is 0 Å². The molecule has 1 aliphatic rings. The molecule has 0 spiro atoms. The Bertz CT molecular complexity index is 1210. The Hall–Kier alpha value is -3.20. The van der Waals surface area contributed by atoms with Gasteiger partial charge in [-0.05, 0) is 41.5 Å². The molecule has 1 N–H and O–H groups in total. The molecule has 0 aliphatic carbocycles. The number of aliphatic hydroxyl groups is 1. The maximum absolute atomic E-state index is 13.5. The van der Waals surface area contributed by atoms with E-state index < -0.39 is 23.4 Å². The van der Waals surface area contributed by atoms with E-state index in [0.29, 0.717) is 16.5 Å². The molecule has 0 saturated heterocycles. The summed E-state index contributed by atoms with van der Waals surface area (Å²) in [5.41, 5.74) is 2.31. The van der Waals surface area contributed by atoms with Crippen LogP contribution in [0.5, 0.6) is 5.75 Å². The second-order valence-corrected chi connectivity index (χ2v) is 9.94. The summed E-state index contributed by atoms with van der Waals surface area (Å²) < 4.78 is 10.6. The number of thioether (sulfide) groups is 1. The summed E-state index contributed by atoms with van der Waals surface area (Å²) in [5, 5.41) is 11.1. The quantitative estimate of drug-likeness (QED) is 0.458. The van der Waals surface area contributed by atoms with Crippen LogP contribution in [-0.2, 0) is 16.1 Å². The van der Waals surface area contributed by atoms with Gasteiger partial charge in [-0.1, -0.05) is 54.1 Å². The molecule has 3 aromatic rings. The average molecular weight is 527 g/mol. The molecule has 4 rings (SSSR count). The minimum atomic E-state index is -1.30. The van der Waals surface area contributed by atoms with E-state index in [0.717, 1.165) is 16.0 Å². The molecule has 1 aliphatic heterocycles. The molecule has 36 heavy (non-hydrogen) atoms. The van der Waals surface area contributed by atoms with Gasteiger partial charge in [-0.2, -0.15) is 0 Å². The summed E-state index contributed by atoms with van der Waals surface area (Å²) in [6.07, 6.45) is -1.80. The van der Waals surface area contributed by atoms with Crippen LogP contribution < -0.4 is 9.64 Å². The van der Waals surface area contributed by atoms with Gasteiger partial charge in [0.1, 0.15) is 18.5 Å². The van der Waals surface area contributed by atoms with E-state index in [4.69, 9.17) is 21.1 Å². The second-order valence-electron chi connectivity index (χ2n) is 8.32. The molecule has 0 radical (unpaired) electrons. The van der Waals surface area contributed by atoms with Gasteiger partial charge in [-0.3, -0.25) is 4.79 Å². The number of ether oxygens (including phenoxy) is 2. The van der Waals surface area contributed by atoms with Crippen molar-refractivity contribution < 1.29 is 24.2 Å². The summed E-state index contributed by atoms with van der Waals surface area (Å²) in [7, 11) is 3.20. The zero-order valence-electron chi connectivity index (χ0n) is 20.0. The van der Waals surface area contributed by atoms with Gasteiger partial charge in [0, 0.05) is 30.1 Å². The summed E-state index contributed by atoms with van der Waals surface area (Å²) in [4.78, 5) is 29.7. The van der Waals surface area contributed by atoms with E-state index in [-0.39, 0.29) is 19.7 Å². The Labute approximate surface area is 219 Å². The van der Waals surface area contributed by atoms with Crippen molar-refractivity contribution in [2.45, 2.75) is 22.9 Å². The Morgan fingerprint density at radius 1 is 1.11 bits per heavy atom. The van der Waals surface area contributed by atoms with Crippen LogP contribution in [0.15, 0.2) is 77.7 Å². The second kappa shape index (κ2) is 11.7. The third-order valence-electron chi connectivity index (χ3n) is 5.89. The number of hydrogen-bond donors (Lipinski definition) is 1. The van der Waals surface area contributed by atoms with E-state index in [9.17, 15) is 14.7 Å². The summed E-state index contributed by atoms with van der Waals surface area (Å²) in [6, 6.07) is 21.9. The van der Waals surface area contributed by atoms with Crippen molar-refractivity contribution in [3.8, 4) is 5.75 Å². The topological polar surface area (TPSA) is 79.3 Å². The Morgan fingerprint density at radius 3 is 2.53 bits per heavy atom. The molecular weight excluding hydrogens is 500 g/mol. The van der Waals surface area contributed by atoms with Crippen molar-refractivity contribution >= 4 is 41.1 Å². The van der Waals surface area contributed by atoms with Crippen LogP contribution in [0.25, 0.3) is 0 Å². The SMILES string of the molecule is COc1ccc([C@@H]2Sc3cc(Cl)ccc3N(CCN(C)C(=O)OCc3ccccc3)C(=O)[C@@H]2O)cc1. The number of benzene rings is 3. The third-order valence-corrected chi connectivity index (χ3v) is 7.49. The zero-order chi connectivity index (χ0) is 25.7. The standard InChI is InChI=1S/C27H27ClN2O5S/c1-29(27(33)35-17-18-6-4-3-5-7-18)14-15-30-22-13-10-20(28)16-23(22)36-25(24(31)26(30)32)19-8-11-21(34-2)12-9-19/h3-13,16,24-25,31H,14-15,17H2,1-2H3/t24-,25+/m1/s1. The first kappa shape index (κ1) is 25.9. The van der Waals surface area contributed by atoms with Crippen LogP contribution >= 0.6 is 23.4 Å². The minimum absolute atomic E-state index is 0.160. The lowest BCUT2D eigenvalue weighted by molar-refractivity contribution is -0.126. The van der Waals surface area contributed by atoms with Crippen molar-refractivity contribution in [1.82, 2.24) is 4.90 Å². The largest absolute Gasteiger partial charge is 0.497 e. The van der Waals surface area contributed by atoms with Crippen LogP contribution in [-0.4, -0.2) is 55.4 Å². The predicted octanol–water partition coefficient (Wildman–Crippen LogP) is 5.16. The smallest absolute Gasteiger partial charge is 0.409 e. The number of amides is 2. The van der Waals surface area contributed by atoms with E-state index >= 15 is 0 Å². The predicted molar refractivity (Wildman–Crippen MR) is 141 cm³/mol. The van der Waals surface area contributed by atoms with Gasteiger partial charge in [0.15, 0.2) is 0 Å². The van der Waals surface area contributed by atoms with E-state index in [1.165, 1.54) is 21.6 Å². The van der Waals surface area contributed by atoms with E-state index in [1.807, 2.05) is 42.5 Å². The number of fused-ring (bicyclic) bond motifs is 1. The number of likely N-dealkylation sites (N-methyl/N-ethyl adjacent to an activating group) is 1. The summed E-state index contributed by atoms with van der Waals surface area (Å²) in [5.74, 6) is 0.237. The van der Waals surface area contributed by atoms with E-state index in [1.54, 1.807) is 44.5 Å². The van der Waals surface area contributed by atoms with Crippen molar-refractivity contribution in [3.63, 3.8) is 0 Å². The molecule has 7 nitrogen and oxygen atoms in total. The van der Waals surface area contributed by atoms with Crippen LogP contribution in [0, 0.1) is 0 Å². The number of nitrogens with zero attached hydrogens (tertiary/aromatic N) is 2. The molecule has 2 amide bonds. The summed E-state index contributed by atoms with van der Waals surface area (Å²) in [6.45, 7) is 0.552. The lowest BCUT2D eigenvalue weighted by Crippen LogP contribution is -2.44. The molecule has 0 saturated carbocycles. The maximum atomic E-state index is 13.5. The van der Waals surface area contributed by atoms with Gasteiger partial charge in [-0.25, -0.2) is 4.79 Å². The highest BCUT2D eigenvalue weighted by Gasteiger charge is 2.37. The van der Waals surface area contributed by atoms with Crippen molar-refractivity contribution in [1.29, 1.82) is 0 Å². The Morgan fingerprint density at radius 2 is 1.83 bits per heavy atom. The number of anilines is 1. The Kier molecular flexibility index (Phi) is 8.40. The van der Waals surface area contributed by atoms with Gasteiger partial charge in [0.25, 0.3) is 5.91 Å². The highest BCUT2D eigenvalue weighted by molar-refractivity contribution is 7.99. The number of methoxy groups -OCH3 is 1. The van der Waals surface area contributed by atoms with Gasteiger partial charge >= 0.3 is 6.09 Å². The monoisotopic (exact) mass is 526 g/mol. The average Bonchev–Trinajstić information content (AvgIpc) is 3.00. The molecule has 2 atom stereocenters. The van der Waals surface area contributed by atoms with Gasteiger partial charge < -0.3 is 24.4 Å². The van der Waals surface area contributed by atoms with Gasteiger partial charge in [-0.15, -0.1) is 11.8 Å². The lowest BCUT2D eigenvalue weighted by atomic mass is 10.1. The van der Waals surface area contributed by atoms with Crippen molar-refractivity contribution in [3.05, 3.63) is 88.9 Å². The van der Waals surface area contributed by atoms with Crippen molar-refractivity contribution in [2.24, 2.45) is 0 Å². The van der Waals surface area contributed by atoms with Crippen LogP contribution in [0.4, 0.5) is 10.5 Å². The summed E-state index contributed by atoms with van der Waals surface area (Å²) >= 11 is 7.65. The fraction of sp³-hybridized carbons (Fsp3) is 0.259. The fourth-order valence-corrected chi connectivity index (χ4v) is 5.40. The van der Waals surface area contributed by atoms with Crippen LogP contribution in [0.1, 0.15) is 16.4 Å². The van der Waals surface area contributed by atoms with Crippen LogP contribution in [0.2, 0.25) is 5.02 Å². The first-order chi connectivity index (χ1) is 17.4. The number of aliphatic hydroxyl groups excluding tert-OH is 1. The van der Waals surface area contributed by atoms with Crippen molar-refractivity contribution in [2.75, 3.05) is 32.1 Å². The Balaban J connectivity index is 1.50. The van der Waals surface area contributed by atoms with Gasteiger partial charge in [0.05, 0.1) is 18.0 Å². The number of hydrogen-bond acceptors (Lipinski definition) is 6. The number of carbonyl (C=O) groups excluding carboxylic acids is 2. The first-order valence-electron chi connectivity index (χ1n) is 11.4. The molecule has 9 heteroatoms. The lowest BCUT2D eigenvalue weighted by Gasteiger charge is -2.27. The molecule has 0 aromatic heterocycles. The molecule has 0 bridgehead atoms. The number of halogens is 1. The first-order valence-corrected chi connectivity index (χ1v) is 12.6. The molecule has 188 valence electrons. The van der Waals surface area contributed by atoms with Gasteiger partial charge in [0.2, 0.25) is 0 Å². The van der Waals surface area contributed by atoms with E-state index in [2.05, 4.69) is 0 Å². The normalized spacial score (nSPS) is 17.2. The molecule has 0 unspecified atom stereocenters. The molecule has 1 heterocycles. The highest BCUT2D eigenvalue weighted by Crippen LogP contribution is 2.46. The number of carbonyl (C=O) groups is 2. The zero-order valence-corrected chi connectivity index (χ0v) is 21.5. The molecule has 0 fully saturated rings. The number of rotatable bonds is 7. The molecular formula is C27H27ClN2O5S. The highest BCUT2D eigenvalue weighted by atomic mass is 35.5. The fourth-order valence-electron chi connectivity index (χ4n) is 3.86. The third kappa shape index (κ3) is 5.95.